The van der Waals surface area contributed by atoms with E-state index in [9.17, 15) is 14.4 Å². The van der Waals surface area contributed by atoms with E-state index in [2.05, 4.69) is 20.1 Å². The Morgan fingerprint density at radius 1 is 1.04 bits per heavy atom. The normalized spacial score (nSPS) is 11.2. The number of esters is 2. The van der Waals surface area contributed by atoms with Crippen LogP contribution >= 0.6 is 0 Å². The van der Waals surface area contributed by atoms with Gasteiger partial charge in [-0.15, -0.1) is 0 Å². The second kappa shape index (κ2) is 10.9. The van der Waals surface area contributed by atoms with E-state index in [-0.39, 0.29) is 12.8 Å². The molecule has 0 heterocycles. The van der Waals surface area contributed by atoms with Crippen molar-refractivity contribution in [2.75, 3.05) is 27.9 Å². The van der Waals surface area contributed by atoms with E-state index in [1.54, 1.807) is 7.11 Å². The third-order valence-electron chi connectivity index (χ3n) is 3.51. The van der Waals surface area contributed by atoms with E-state index in [1.807, 2.05) is 24.3 Å². The Balaban J connectivity index is 2.42. The second-order valence-electron chi connectivity index (χ2n) is 5.19. The number of methoxy groups -OCH3 is 3. The molecule has 8 heteroatoms. The van der Waals surface area contributed by atoms with E-state index in [0.29, 0.717) is 13.0 Å². The maximum atomic E-state index is 11.9. The van der Waals surface area contributed by atoms with E-state index in [1.165, 1.54) is 14.2 Å². The second-order valence-corrected chi connectivity index (χ2v) is 5.19. The molecule has 0 aliphatic heterocycles. The largest absolute Gasteiger partial charge is 0.497 e. The fourth-order valence-electron chi connectivity index (χ4n) is 2.08. The monoisotopic (exact) mass is 352 g/mol. The molecule has 1 atom stereocenters. The number of carbonyl (C=O) groups excluding carboxylic acids is 3. The first-order chi connectivity index (χ1) is 12.0. The van der Waals surface area contributed by atoms with Gasteiger partial charge in [0.25, 0.3) is 0 Å². The summed E-state index contributed by atoms with van der Waals surface area (Å²) in [4.78, 5) is 34.8. The fraction of sp³-hybridized carbons (Fsp3) is 0.471. The molecule has 0 aromatic heterocycles. The molecule has 0 bridgehead atoms. The van der Waals surface area contributed by atoms with Crippen LogP contribution in [0.3, 0.4) is 0 Å². The molecular weight excluding hydrogens is 328 g/mol. The molecule has 2 amide bonds. The van der Waals surface area contributed by atoms with Gasteiger partial charge in [0.05, 0.1) is 21.3 Å². The zero-order chi connectivity index (χ0) is 18.7. The first kappa shape index (κ1) is 20.3. The molecule has 25 heavy (non-hydrogen) atoms. The number of carbonyl (C=O) groups is 3. The predicted molar refractivity (Wildman–Crippen MR) is 90.3 cm³/mol. The molecule has 1 aromatic carbocycles. The molecule has 1 rings (SSSR count). The Labute approximate surface area is 146 Å². The maximum Gasteiger partial charge on any atom is 0.328 e. The van der Waals surface area contributed by atoms with Gasteiger partial charge in [-0.05, 0) is 30.5 Å². The summed E-state index contributed by atoms with van der Waals surface area (Å²) in [5.41, 5.74) is 1.04. The highest BCUT2D eigenvalue weighted by Crippen LogP contribution is 2.11. The number of hydrogen-bond acceptors (Lipinski definition) is 6. The van der Waals surface area contributed by atoms with Gasteiger partial charge in [-0.25, -0.2) is 9.59 Å². The van der Waals surface area contributed by atoms with E-state index < -0.39 is 24.0 Å². The highest BCUT2D eigenvalue weighted by atomic mass is 16.5. The summed E-state index contributed by atoms with van der Waals surface area (Å²) in [6.07, 6.45) is 0.732. The summed E-state index contributed by atoms with van der Waals surface area (Å²) < 4.78 is 14.2. The van der Waals surface area contributed by atoms with Gasteiger partial charge in [0, 0.05) is 13.0 Å². The lowest BCUT2D eigenvalue weighted by Crippen LogP contribution is -2.47. The van der Waals surface area contributed by atoms with Crippen LogP contribution in [0.25, 0.3) is 0 Å². The molecule has 0 fully saturated rings. The molecule has 0 saturated heterocycles. The van der Waals surface area contributed by atoms with Gasteiger partial charge in [0.2, 0.25) is 0 Å². The van der Waals surface area contributed by atoms with Gasteiger partial charge in [0.1, 0.15) is 11.8 Å². The van der Waals surface area contributed by atoms with Crippen LogP contribution in [0, 0.1) is 0 Å². The molecule has 138 valence electrons. The van der Waals surface area contributed by atoms with Gasteiger partial charge in [-0.2, -0.15) is 0 Å². The van der Waals surface area contributed by atoms with Crippen LogP contribution < -0.4 is 15.4 Å². The van der Waals surface area contributed by atoms with Crippen molar-refractivity contribution in [2.45, 2.75) is 25.3 Å². The number of benzene rings is 1. The zero-order valence-electron chi connectivity index (χ0n) is 14.7. The number of hydrogen-bond donors (Lipinski definition) is 2. The quantitative estimate of drug-likeness (QED) is 0.644. The molecule has 0 spiro atoms. The summed E-state index contributed by atoms with van der Waals surface area (Å²) in [6.45, 7) is 0.392. The molecule has 0 saturated carbocycles. The summed E-state index contributed by atoms with van der Waals surface area (Å²) in [7, 11) is 4.07. The summed E-state index contributed by atoms with van der Waals surface area (Å²) in [5.74, 6) is -0.314. The molecule has 0 radical (unpaired) electrons. The average Bonchev–Trinajstić information content (AvgIpc) is 2.64. The minimum Gasteiger partial charge on any atom is -0.497 e. The molecule has 2 N–H and O–H groups in total. The first-order valence-corrected chi connectivity index (χ1v) is 7.82. The number of amides is 2. The zero-order valence-corrected chi connectivity index (χ0v) is 14.7. The van der Waals surface area contributed by atoms with Crippen molar-refractivity contribution in [3.8, 4) is 5.75 Å². The molecule has 1 aromatic rings. The molecular formula is C17H24N2O6. The lowest BCUT2D eigenvalue weighted by Gasteiger charge is -2.16. The third-order valence-corrected chi connectivity index (χ3v) is 3.51. The number of rotatable bonds is 9. The summed E-state index contributed by atoms with van der Waals surface area (Å²) in [6, 6.07) is 6.09. The molecule has 0 aliphatic rings. The minimum absolute atomic E-state index is 0.00238. The first-order valence-electron chi connectivity index (χ1n) is 7.82. The van der Waals surface area contributed by atoms with Gasteiger partial charge < -0.3 is 24.8 Å². The number of nitrogens with one attached hydrogen (secondary N) is 2. The van der Waals surface area contributed by atoms with Gasteiger partial charge in [-0.1, -0.05) is 12.1 Å². The SMILES string of the molecule is COC(=O)CCC(NC(=O)NCCc1ccc(OC)cc1)C(=O)OC. The maximum absolute atomic E-state index is 11.9. The van der Waals surface area contributed by atoms with Crippen LogP contribution in [-0.4, -0.2) is 51.9 Å². The minimum atomic E-state index is -0.912. The van der Waals surface area contributed by atoms with Crippen molar-refractivity contribution in [1.82, 2.24) is 10.6 Å². The van der Waals surface area contributed by atoms with Crippen LogP contribution in [-0.2, 0) is 25.5 Å². The number of urea groups is 1. The summed E-state index contributed by atoms with van der Waals surface area (Å²) in [5, 5.41) is 5.16. The van der Waals surface area contributed by atoms with Crippen molar-refractivity contribution < 1.29 is 28.6 Å². The molecule has 0 aliphatic carbocycles. The predicted octanol–water partition coefficient (Wildman–Crippen LogP) is 1.03. The fourth-order valence-corrected chi connectivity index (χ4v) is 2.08. The summed E-state index contributed by atoms with van der Waals surface area (Å²) >= 11 is 0. The van der Waals surface area contributed by atoms with E-state index >= 15 is 0 Å². The third kappa shape index (κ3) is 7.56. The molecule has 8 nitrogen and oxygen atoms in total. The Hall–Kier alpha value is -2.77. The Kier molecular flexibility index (Phi) is 8.84. The van der Waals surface area contributed by atoms with Gasteiger partial charge in [-0.3, -0.25) is 4.79 Å². The van der Waals surface area contributed by atoms with Crippen molar-refractivity contribution in [3.05, 3.63) is 29.8 Å². The Morgan fingerprint density at radius 2 is 1.72 bits per heavy atom. The Morgan fingerprint density at radius 3 is 2.28 bits per heavy atom. The highest BCUT2D eigenvalue weighted by molar-refractivity contribution is 5.84. The van der Waals surface area contributed by atoms with Gasteiger partial charge in [0.15, 0.2) is 0 Å². The van der Waals surface area contributed by atoms with Crippen LogP contribution in [0.4, 0.5) is 4.79 Å². The Bertz CT molecular complexity index is 573. The van der Waals surface area contributed by atoms with Crippen LogP contribution in [0.15, 0.2) is 24.3 Å². The topological polar surface area (TPSA) is 103 Å². The smallest absolute Gasteiger partial charge is 0.328 e. The lowest BCUT2D eigenvalue weighted by atomic mass is 10.1. The van der Waals surface area contributed by atoms with Crippen molar-refractivity contribution >= 4 is 18.0 Å². The van der Waals surface area contributed by atoms with Crippen molar-refractivity contribution in [2.24, 2.45) is 0 Å². The van der Waals surface area contributed by atoms with Crippen LogP contribution in [0.5, 0.6) is 5.75 Å². The number of ether oxygens (including phenoxy) is 3. The standard InChI is InChI=1S/C17H24N2O6/c1-23-13-6-4-12(5-7-13)10-11-18-17(22)19-14(16(21)25-3)8-9-15(20)24-2/h4-7,14H,8-11H2,1-3H3,(H2,18,19,22). The lowest BCUT2D eigenvalue weighted by molar-refractivity contribution is -0.144. The van der Waals surface area contributed by atoms with Crippen molar-refractivity contribution in [3.63, 3.8) is 0 Å². The highest BCUT2D eigenvalue weighted by Gasteiger charge is 2.22. The van der Waals surface area contributed by atoms with Gasteiger partial charge >= 0.3 is 18.0 Å². The van der Waals surface area contributed by atoms with E-state index in [0.717, 1.165) is 11.3 Å². The van der Waals surface area contributed by atoms with Crippen LogP contribution in [0.1, 0.15) is 18.4 Å². The van der Waals surface area contributed by atoms with E-state index in [4.69, 9.17) is 4.74 Å². The average molecular weight is 352 g/mol. The molecule has 1 unspecified atom stereocenters. The van der Waals surface area contributed by atoms with Crippen LogP contribution in [0.2, 0.25) is 0 Å². The van der Waals surface area contributed by atoms with Crippen molar-refractivity contribution in [1.29, 1.82) is 0 Å².